The third kappa shape index (κ3) is 59.2. The van der Waals surface area contributed by atoms with Gasteiger partial charge in [-0.15, -0.1) is 0 Å². The molecule has 0 aliphatic heterocycles. The molecule has 0 aliphatic carbocycles. The fourth-order valence-electron chi connectivity index (χ4n) is 8.06. The van der Waals surface area contributed by atoms with Crippen LogP contribution in [0, 0.1) is 0 Å². The zero-order valence-electron chi connectivity index (χ0n) is 49.8. The molecule has 0 saturated carbocycles. The topological polar surface area (TPSA) is 111 Å². The molecule has 0 N–H and O–H groups in total. The maximum Gasteiger partial charge on any atom is 0.306 e. The first-order valence-electron chi connectivity index (χ1n) is 30.7. The van der Waals surface area contributed by atoms with E-state index in [0.29, 0.717) is 17.4 Å². The monoisotopic (exact) mass is 1070 g/mol. The predicted octanol–water partition coefficient (Wildman–Crippen LogP) is 17.1. The molecule has 0 bridgehead atoms. The summed E-state index contributed by atoms with van der Waals surface area (Å²) in [6, 6.07) is 0. The van der Waals surface area contributed by atoms with Gasteiger partial charge in [-0.2, -0.15) is 0 Å². The van der Waals surface area contributed by atoms with Crippen LogP contribution in [0.15, 0.2) is 122 Å². The maximum atomic E-state index is 12.9. The number of allylic oxidation sites excluding steroid dienone is 20. The van der Waals surface area contributed by atoms with Gasteiger partial charge in [0.25, 0.3) is 0 Å². The summed E-state index contributed by atoms with van der Waals surface area (Å²) in [7, 11) is 5.91. The second-order valence-corrected chi connectivity index (χ2v) is 21.2. The summed E-state index contributed by atoms with van der Waals surface area (Å²) in [6.07, 6.45) is 78.1. The van der Waals surface area contributed by atoms with Crippen LogP contribution in [0.1, 0.15) is 232 Å². The normalized spacial score (nSPS) is 13.6. The van der Waals surface area contributed by atoms with Gasteiger partial charge in [-0.05, 0) is 103 Å². The zero-order chi connectivity index (χ0) is 56.2. The summed E-state index contributed by atoms with van der Waals surface area (Å²) in [6.45, 7) is 4.51. The predicted molar refractivity (Wildman–Crippen MR) is 324 cm³/mol. The maximum absolute atomic E-state index is 12.9. The molecule has 2 atom stereocenters. The van der Waals surface area contributed by atoms with Crippen LogP contribution in [0.5, 0.6) is 0 Å². The number of hydrogen-bond donors (Lipinski definition) is 0. The van der Waals surface area contributed by atoms with Gasteiger partial charge in [0, 0.05) is 12.8 Å². The van der Waals surface area contributed by atoms with E-state index in [1.807, 2.05) is 21.1 Å². The SMILES string of the molecule is CC/C=C\C/C=C\C/C=C\C/C=C\C/C=C\C/C=C\CCCCCCCCCCC(=O)OC(COC(=O)CCCCCCCCCCCCCC/C=C\C/C=C\C/C=C\C/C=C\CC)COC(OCC[N+](C)(C)C)C(=O)[O-]. The van der Waals surface area contributed by atoms with Crippen molar-refractivity contribution in [1.29, 1.82) is 0 Å². The van der Waals surface area contributed by atoms with Crippen molar-refractivity contribution >= 4 is 17.9 Å². The van der Waals surface area contributed by atoms with Crippen molar-refractivity contribution in [1.82, 2.24) is 0 Å². The first-order valence-corrected chi connectivity index (χ1v) is 30.7. The number of carboxylic acid groups (broad SMARTS) is 1. The molecule has 77 heavy (non-hydrogen) atoms. The van der Waals surface area contributed by atoms with Crippen LogP contribution in [0.4, 0.5) is 0 Å². The molecule has 438 valence electrons. The van der Waals surface area contributed by atoms with Gasteiger partial charge in [-0.3, -0.25) is 9.59 Å². The van der Waals surface area contributed by atoms with E-state index in [1.54, 1.807) is 0 Å². The minimum absolute atomic E-state index is 0.139. The molecule has 0 rings (SSSR count). The molecule has 9 nitrogen and oxygen atoms in total. The van der Waals surface area contributed by atoms with Crippen LogP contribution < -0.4 is 5.11 Å². The van der Waals surface area contributed by atoms with Crippen LogP contribution >= 0.6 is 0 Å². The molecular weight excluding hydrogens is 959 g/mol. The van der Waals surface area contributed by atoms with E-state index >= 15 is 0 Å². The number of aliphatic carboxylic acids is 1. The number of ether oxygens (including phenoxy) is 4. The number of esters is 2. The van der Waals surface area contributed by atoms with Crippen molar-refractivity contribution in [2.24, 2.45) is 0 Å². The molecule has 9 heteroatoms. The summed E-state index contributed by atoms with van der Waals surface area (Å²) in [5, 5.41) is 11.8. The minimum Gasteiger partial charge on any atom is -0.545 e. The highest BCUT2D eigenvalue weighted by Crippen LogP contribution is 2.15. The van der Waals surface area contributed by atoms with E-state index in [9.17, 15) is 19.5 Å². The Bertz CT molecular complexity index is 1670. The lowest BCUT2D eigenvalue weighted by Gasteiger charge is -2.26. The summed E-state index contributed by atoms with van der Waals surface area (Å²) in [5.74, 6) is -2.31. The number of unbranched alkanes of at least 4 members (excludes halogenated alkanes) is 20. The summed E-state index contributed by atoms with van der Waals surface area (Å²) >= 11 is 0. The number of carbonyl (C=O) groups excluding carboxylic acids is 3. The van der Waals surface area contributed by atoms with E-state index in [-0.39, 0.29) is 38.6 Å². The Morgan fingerprint density at radius 3 is 1.04 bits per heavy atom. The van der Waals surface area contributed by atoms with Gasteiger partial charge in [0.15, 0.2) is 12.4 Å². The number of carboxylic acids is 1. The Morgan fingerprint density at radius 2 is 0.701 bits per heavy atom. The van der Waals surface area contributed by atoms with Gasteiger partial charge in [0.1, 0.15) is 13.2 Å². The Labute approximate surface area is 472 Å². The quantitative estimate of drug-likeness (QED) is 0.0195. The van der Waals surface area contributed by atoms with Crippen LogP contribution in [-0.4, -0.2) is 82.3 Å². The van der Waals surface area contributed by atoms with Crippen LogP contribution in [0.25, 0.3) is 0 Å². The number of likely N-dealkylation sites (N-methyl/N-ethyl adjacent to an activating group) is 1. The van der Waals surface area contributed by atoms with Gasteiger partial charge >= 0.3 is 11.9 Å². The molecule has 0 heterocycles. The minimum atomic E-state index is -1.63. The molecule has 0 spiro atoms. The largest absolute Gasteiger partial charge is 0.545 e. The van der Waals surface area contributed by atoms with Crippen molar-refractivity contribution in [3.8, 4) is 0 Å². The standard InChI is InChI=1S/C68H113NO8/c1-6-8-10-12-14-16-18-20-22-24-26-28-30-32-33-35-37-39-41-43-45-47-49-51-53-55-57-59-66(71)77-64(63-76-68(67(72)73)74-61-60-69(3,4)5)62-75-65(70)58-56-54-52-50-48-46-44-42-40-38-36-34-31-29-27-25-23-21-19-17-15-13-11-9-7-2/h8-11,14-17,20-23,26-29,32-33,37,39,64,68H,6-7,12-13,18-19,24-25,30-31,34-36,38,40-63H2,1-5H3/b10-8-,11-9-,16-14-,17-15-,22-20-,23-21-,28-26-,29-27-,33-32-,39-37-. The highest BCUT2D eigenvalue weighted by molar-refractivity contribution is 5.70. The number of hydrogen-bond acceptors (Lipinski definition) is 8. The molecule has 0 fully saturated rings. The molecule has 0 saturated heterocycles. The number of nitrogens with zero attached hydrogens (tertiary/aromatic N) is 1. The van der Waals surface area contributed by atoms with E-state index in [1.165, 1.54) is 89.9 Å². The van der Waals surface area contributed by atoms with Crippen molar-refractivity contribution in [2.75, 3.05) is 47.5 Å². The second-order valence-electron chi connectivity index (χ2n) is 21.2. The summed E-state index contributed by atoms with van der Waals surface area (Å²) in [4.78, 5) is 37.4. The van der Waals surface area contributed by atoms with Crippen LogP contribution in [-0.2, 0) is 33.3 Å². The van der Waals surface area contributed by atoms with Gasteiger partial charge in [0.2, 0.25) is 0 Å². The van der Waals surface area contributed by atoms with Crippen molar-refractivity contribution in [3.63, 3.8) is 0 Å². The molecule has 2 unspecified atom stereocenters. The number of carbonyl (C=O) groups is 3. The summed E-state index contributed by atoms with van der Waals surface area (Å²) in [5.41, 5.74) is 0. The highest BCUT2D eigenvalue weighted by atomic mass is 16.7. The molecule has 0 aromatic rings. The summed E-state index contributed by atoms with van der Waals surface area (Å²) < 4.78 is 22.7. The third-order valence-electron chi connectivity index (χ3n) is 12.7. The fraction of sp³-hybridized carbons (Fsp3) is 0.662. The van der Waals surface area contributed by atoms with Crippen LogP contribution in [0.2, 0.25) is 0 Å². The van der Waals surface area contributed by atoms with E-state index in [2.05, 4.69) is 135 Å². The third-order valence-corrected chi connectivity index (χ3v) is 12.7. The van der Waals surface area contributed by atoms with Gasteiger partial charge in [-0.1, -0.05) is 238 Å². The van der Waals surface area contributed by atoms with Crippen molar-refractivity contribution < 1.29 is 42.9 Å². The first-order chi connectivity index (χ1) is 37.6. The average molecular weight is 1070 g/mol. The van der Waals surface area contributed by atoms with E-state index in [4.69, 9.17) is 18.9 Å². The lowest BCUT2D eigenvalue weighted by Crippen LogP contribution is -2.44. The van der Waals surface area contributed by atoms with E-state index < -0.39 is 24.3 Å². The Balaban J connectivity index is 4.26. The number of quaternary nitrogens is 1. The molecule has 0 amide bonds. The van der Waals surface area contributed by atoms with Gasteiger partial charge in [-0.25, -0.2) is 0 Å². The Kier molecular flexibility index (Phi) is 54.6. The van der Waals surface area contributed by atoms with Gasteiger partial charge in [0.05, 0.1) is 40.3 Å². The van der Waals surface area contributed by atoms with Crippen molar-refractivity contribution in [2.45, 2.75) is 245 Å². The average Bonchev–Trinajstić information content (AvgIpc) is 3.40. The number of rotatable bonds is 55. The zero-order valence-corrected chi connectivity index (χ0v) is 49.8. The molecule has 0 aromatic carbocycles. The van der Waals surface area contributed by atoms with Crippen LogP contribution in [0.3, 0.4) is 0 Å². The second kappa shape index (κ2) is 57.9. The van der Waals surface area contributed by atoms with E-state index in [0.717, 1.165) is 109 Å². The molecular formula is C68H113NO8. The Hall–Kier alpha value is -4.31. The first kappa shape index (κ1) is 72.7. The molecule has 0 aliphatic rings. The highest BCUT2D eigenvalue weighted by Gasteiger charge is 2.22. The molecule has 0 radical (unpaired) electrons. The Morgan fingerprint density at radius 1 is 0.390 bits per heavy atom. The lowest BCUT2D eigenvalue weighted by molar-refractivity contribution is -0.870. The smallest absolute Gasteiger partial charge is 0.306 e. The molecule has 0 aromatic heterocycles. The van der Waals surface area contributed by atoms with Gasteiger partial charge < -0.3 is 33.3 Å². The fourth-order valence-corrected chi connectivity index (χ4v) is 8.06. The lowest BCUT2D eigenvalue weighted by atomic mass is 10.0. The van der Waals surface area contributed by atoms with Crippen molar-refractivity contribution in [3.05, 3.63) is 122 Å².